The fraction of sp³-hybridized carbons (Fsp3) is 0.938. The van der Waals surface area contributed by atoms with Gasteiger partial charge in [0, 0.05) is 32.1 Å². The molecule has 3 heterocycles. The smallest absolute Gasteiger partial charge is 0.222 e. The summed E-state index contributed by atoms with van der Waals surface area (Å²) >= 11 is 0. The predicted molar refractivity (Wildman–Crippen MR) is 80.7 cm³/mol. The highest BCUT2D eigenvalue weighted by Crippen LogP contribution is 2.22. The van der Waals surface area contributed by atoms with Gasteiger partial charge in [-0.1, -0.05) is 0 Å². The highest BCUT2D eigenvalue weighted by molar-refractivity contribution is 5.78. The lowest BCUT2D eigenvalue weighted by molar-refractivity contribution is -0.130. The number of piperidine rings is 1. The third kappa shape index (κ3) is 3.53. The van der Waals surface area contributed by atoms with Crippen LogP contribution in [0.5, 0.6) is 0 Å². The van der Waals surface area contributed by atoms with Crippen LogP contribution in [-0.4, -0.2) is 72.5 Å². The Hall–Kier alpha value is -0.610. The highest BCUT2D eigenvalue weighted by atomic mass is 16.2. The molecule has 3 rings (SSSR count). The molecule has 0 bridgehead atoms. The van der Waals surface area contributed by atoms with Crippen LogP contribution in [0.25, 0.3) is 0 Å². The largest absolute Gasteiger partial charge is 0.340 e. The standard InChI is InChI=1S/C16H29N3O/c20-16-5-3-12-19(16)15-6-13-18(14-7-15)11-4-10-17-8-1-2-9-17/h15H,1-14H2. The molecule has 4 heteroatoms. The van der Waals surface area contributed by atoms with Crippen molar-refractivity contribution in [2.24, 2.45) is 0 Å². The number of rotatable bonds is 5. The summed E-state index contributed by atoms with van der Waals surface area (Å²) in [7, 11) is 0. The number of hydrogen-bond acceptors (Lipinski definition) is 3. The Bertz CT molecular complexity index is 320. The second-order valence-electron chi connectivity index (χ2n) is 6.67. The summed E-state index contributed by atoms with van der Waals surface area (Å²) in [6.45, 7) is 8.56. The SMILES string of the molecule is O=C1CCCN1C1CCN(CCCN2CCCC2)CC1. The van der Waals surface area contributed by atoms with Crippen LogP contribution in [0.2, 0.25) is 0 Å². The molecule has 0 spiro atoms. The van der Waals surface area contributed by atoms with Crippen molar-refractivity contribution < 1.29 is 4.79 Å². The molecule has 4 nitrogen and oxygen atoms in total. The first-order valence-corrected chi connectivity index (χ1v) is 8.57. The first-order chi connectivity index (χ1) is 9.83. The van der Waals surface area contributed by atoms with E-state index in [1.807, 2.05) is 0 Å². The van der Waals surface area contributed by atoms with Crippen molar-refractivity contribution in [3.63, 3.8) is 0 Å². The van der Waals surface area contributed by atoms with Crippen LogP contribution in [0.1, 0.15) is 44.9 Å². The third-order valence-electron chi connectivity index (χ3n) is 5.26. The maximum atomic E-state index is 11.8. The molecule has 3 aliphatic rings. The molecule has 3 saturated heterocycles. The molecule has 0 aromatic rings. The Morgan fingerprint density at radius 3 is 2.10 bits per heavy atom. The predicted octanol–water partition coefficient (Wildman–Crippen LogP) is 1.56. The fourth-order valence-electron chi connectivity index (χ4n) is 4.03. The molecule has 0 aliphatic carbocycles. The Morgan fingerprint density at radius 1 is 0.850 bits per heavy atom. The number of nitrogens with zero attached hydrogens (tertiary/aromatic N) is 3. The van der Waals surface area contributed by atoms with E-state index < -0.39 is 0 Å². The van der Waals surface area contributed by atoms with E-state index in [0.29, 0.717) is 11.9 Å². The number of hydrogen-bond donors (Lipinski definition) is 0. The minimum atomic E-state index is 0.400. The zero-order valence-corrected chi connectivity index (χ0v) is 12.7. The maximum Gasteiger partial charge on any atom is 0.222 e. The minimum Gasteiger partial charge on any atom is -0.340 e. The van der Waals surface area contributed by atoms with Crippen molar-refractivity contribution in [3.8, 4) is 0 Å². The lowest BCUT2D eigenvalue weighted by atomic mass is 10.0. The van der Waals surface area contributed by atoms with Crippen LogP contribution >= 0.6 is 0 Å². The molecule has 0 saturated carbocycles. The van der Waals surface area contributed by atoms with E-state index >= 15 is 0 Å². The van der Waals surface area contributed by atoms with Gasteiger partial charge in [0.1, 0.15) is 0 Å². The third-order valence-corrected chi connectivity index (χ3v) is 5.26. The van der Waals surface area contributed by atoms with E-state index in [-0.39, 0.29) is 0 Å². The van der Waals surface area contributed by atoms with Crippen molar-refractivity contribution in [2.45, 2.75) is 51.0 Å². The molecule has 0 atom stereocenters. The Morgan fingerprint density at radius 2 is 1.50 bits per heavy atom. The highest BCUT2D eigenvalue weighted by Gasteiger charge is 2.30. The topological polar surface area (TPSA) is 26.8 Å². The minimum absolute atomic E-state index is 0.400. The van der Waals surface area contributed by atoms with Crippen LogP contribution < -0.4 is 0 Å². The molecule has 114 valence electrons. The number of amides is 1. The van der Waals surface area contributed by atoms with Crippen LogP contribution in [0.3, 0.4) is 0 Å². The lowest BCUT2D eigenvalue weighted by Crippen LogP contribution is -2.45. The molecule has 3 aliphatic heterocycles. The van der Waals surface area contributed by atoms with Crippen LogP contribution in [0.4, 0.5) is 0 Å². The summed E-state index contributed by atoms with van der Waals surface area (Å²) in [6, 6.07) is 0.542. The Kier molecular flexibility index (Phi) is 4.94. The summed E-state index contributed by atoms with van der Waals surface area (Å²) in [5.41, 5.74) is 0. The molecular formula is C16H29N3O. The van der Waals surface area contributed by atoms with Crippen LogP contribution in [0, 0.1) is 0 Å². The van der Waals surface area contributed by atoms with E-state index in [1.54, 1.807) is 0 Å². The molecule has 0 aromatic heterocycles. The zero-order chi connectivity index (χ0) is 13.8. The normalized spacial score (nSPS) is 26.8. The number of carbonyl (C=O) groups is 1. The zero-order valence-electron chi connectivity index (χ0n) is 12.7. The van der Waals surface area contributed by atoms with Gasteiger partial charge in [-0.15, -0.1) is 0 Å². The molecule has 3 fully saturated rings. The van der Waals surface area contributed by atoms with Gasteiger partial charge < -0.3 is 14.7 Å². The Balaban J connectivity index is 1.32. The molecular weight excluding hydrogens is 250 g/mol. The van der Waals surface area contributed by atoms with Crippen LogP contribution in [-0.2, 0) is 4.79 Å². The second-order valence-corrected chi connectivity index (χ2v) is 6.67. The summed E-state index contributed by atoms with van der Waals surface area (Å²) in [5.74, 6) is 0.400. The average Bonchev–Trinajstić information content (AvgIpc) is 3.11. The van der Waals surface area contributed by atoms with Gasteiger partial charge >= 0.3 is 0 Å². The molecule has 0 radical (unpaired) electrons. The van der Waals surface area contributed by atoms with Gasteiger partial charge in [-0.2, -0.15) is 0 Å². The number of likely N-dealkylation sites (tertiary alicyclic amines) is 3. The lowest BCUT2D eigenvalue weighted by Gasteiger charge is -2.36. The maximum absolute atomic E-state index is 11.8. The van der Waals surface area contributed by atoms with Gasteiger partial charge in [-0.3, -0.25) is 4.79 Å². The van der Waals surface area contributed by atoms with E-state index in [1.165, 1.54) is 71.4 Å². The van der Waals surface area contributed by atoms with E-state index in [4.69, 9.17) is 0 Å². The van der Waals surface area contributed by atoms with Gasteiger partial charge in [0.05, 0.1) is 0 Å². The molecule has 0 N–H and O–H groups in total. The van der Waals surface area contributed by atoms with Gasteiger partial charge in [-0.25, -0.2) is 0 Å². The van der Waals surface area contributed by atoms with E-state index in [9.17, 15) is 4.79 Å². The fourth-order valence-corrected chi connectivity index (χ4v) is 4.03. The first-order valence-electron chi connectivity index (χ1n) is 8.57. The Labute approximate surface area is 123 Å². The van der Waals surface area contributed by atoms with Crippen molar-refractivity contribution in [1.29, 1.82) is 0 Å². The van der Waals surface area contributed by atoms with Crippen molar-refractivity contribution >= 4 is 5.91 Å². The summed E-state index contributed by atoms with van der Waals surface area (Å²) in [5, 5.41) is 0. The molecule has 0 unspecified atom stereocenters. The quantitative estimate of drug-likeness (QED) is 0.764. The average molecular weight is 279 g/mol. The summed E-state index contributed by atoms with van der Waals surface area (Å²) in [6.07, 6.45) is 8.35. The van der Waals surface area contributed by atoms with E-state index in [0.717, 1.165) is 19.4 Å². The van der Waals surface area contributed by atoms with Crippen molar-refractivity contribution in [1.82, 2.24) is 14.7 Å². The summed E-state index contributed by atoms with van der Waals surface area (Å²) < 4.78 is 0. The van der Waals surface area contributed by atoms with Crippen LogP contribution in [0.15, 0.2) is 0 Å². The second kappa shape index (κ2) is 6.90. The van der Waals surface area contributed by atoms with Gasteiger partial charge in [0.25, 0.3) is 0 Å². The molecule has 1 amide bonds. The van der Waals surface area contributed by atoms with Crippen molar-refractivity contribution in [3.05, 3.63) is 0 Å². The van der Waals surface area contributed by atoms with Gasteiger partial charge in [0.15, 0.2) is 0 Å². The summed E-state index contributed by atoms with van der Waals surface area (Å²) in [4.78, 5) is 19.1. The van der Waals surface area contributed by atoms with E-state index in [2.05, 4.69) is 14.7 Å². The first kappa shape index (κ1) is 14.3. The number of carbonyl (C=O) groups excluding carboxylic acids is 1. The molecule has 0 aromatic carbocycles. The van der Waals surface area contributed by atoms with Crippen molar-refractivity contribution in [2.75, 3.05) is 45.8 Å². The van der Waals surface area contributed by atoms with Gasteiger partial charge in [0.2, 0.25) is 5.91 Å². The molecule has 20 heavy (non-hydrogen) atoms. The monoisotopic (exact) mass is 279 g/mol. The van der Waals surface area contributed by atoms with Gasteiger partial charge in [-0.05, 0) is 64.7 Å².